The van der Waals surface area contributed by atoms with Gasteiger partial charge in [0, 0.05) is 30.3 Å². The zero-order valence-electron chi connectivity index (χ0n) is 14.6. The summed E-state index contributed by atoms with van der Waals surface area (Å²) in [7, 11) is 0. The van der Waals surface area contributed by atoms with Crippen LogP contribution in [0, 0.1) is 0 Å². The lowest BCUT2D eigenvalue weighted by Crippen LogP contribution is -2.38. The van der Waals surface area contributed by atoms with E-state index in [1.807, 2.05) is 12.1 Å². The summed E-state index contributed by atoms with van der Waals surface area (Å²) in [5.41, 5.74) is 1.36. The van der Waals surface area contributed by atoms with E-state index in [0.717, 1.165) is 37.9 Å². The Balaban J connectivity index is 1.70. The van der Waals surface area contributed by atoms with Crippen LogP contribution in [-0.2, 0) is 14.3 Å². The molecule has 2 aliphatic rings. The minimum atomic E-state index is -0.377. The van der Waals surface area contributed by atoms with Crippen molar-refractivity contribution in [1.82, 2.24) is 4.90 Å². The van der Waals surface area contributed by atoms with Gasteiger partial charge in [0.25, 0.3) is 5.91 Å². The summed E-state index contributed by atoms with van der Waals surface area (Å²) in [6, 6.07) is 7.22. The fourth-order valence-electron chi connectivity index (χ4n) is 3.13. The number of ether oxygens (including phenoxy) is 1. The third-order valence-corrected chi connectivity index (χ3v) is 4.60. The molecule has 1 saturated carbocycles. The summed E-state index contributed by atoms with van der Waals surface area (Å²) in [6.07, 6.45) is 4.37. The summed E-state index contributed by atoms with van der Waals surface area (Å²) >= 11 is 0. The zero-order valence-corrected chi connectivity index (χ0v) is 14.6. The van der Waals surface area contributed by atoms with Gasteiger partial charge >= 0.3 is 5.97 Å². The van der Waals surface area contributed by atoms with Gasteiger partial charge in [-0.1, -0.05) is 0 Å². The smallest absolute Gasteiger partial charge is 0.325 e. The average molecular weight is 344 g/mol. The van der Waals surface area contributed by atoms with E-state index in [-0.39, 0.29) is 30.4 Å². The monoisotopic (exact) mass is 344 g/mol. The number of piperidine rings is 1. The molecule has 0 atom stereocenters. The standard InChI is InChI=1S/C19H24N2O4/c1-2-25-18(23)13-21(16-10-11-16)19(24)14-6-8-15(9-7-14)20-12-4-3-5-17(20)22/h6-9,16H,2-5,10-13H2,1H3. The highest BCUT2D eigenvalue weighted by molar-refractivity contribution is 5.98. The van der Waals surface area contributed by atoms with Gasteiger partial charge in [-0.25, -0.2) is 0 Å². The Morgan fingerprint density at radius 1 is 1.20 bits per heavy atom. The molecular formula is C19H24N2O4. The first-order chi connectivity index (χ1) is 12.1. The molecule has 1 heterocycles. The van der Waals surface area contributed by atoms with Crippen molar-refractivity contribution < 1.29 is 19.1 Å². The van der Waals surface area contributed by atoms with Gasteiger partial charge in [0.2, 0.25) is 5.91 Å². The number of amides is 2. The van der Waals surface area contributed by atoms with Crippen molar-refractivity contribution >= 4 is 23.5 Å². The van der Waals surface area contributed by atoms with E-state index in [4.69, 9.17) is 4.74 Å². The second kappa shape index (κ2) is 7.68. The predicted molar refractivity (Wildman–Crippen MR) is 93.3 cm³/mol. The number of rotatable bonds is 6. The number of carbonyl (C=O) groups is 3. The molecule has 6 heteroatoms. The van der Waals surface area contributed by atoms with Crippen LogP contribution in [0.4, 0.5) is 5.69 Å². The molecule has 1 aliphatic carbocycles. The number of benzene rings is 1. The van der Waals surface area contributed by atoms with Crippen LogP contribution in [0.5, 0.6) is 0 Å². The summed E-state index contributed by atoms with van der Waals surface area (Å²) in [6.45, 7) is 2.78. The molecule has 1 saturated heterocycles. The minimum absolute atomic E-state index is 0.0102. The molecule has 0 aromatic heterocycles. The normalized spacial score (nSPS) is 17.3. The third-order valence-electron chi connectivity index (χ3n) is 4.60. The summed E-state index contributed by atoms with van der Waals surface area (Å²) in [5.74, 6) is -0.405. The molecule has 1 aromatic carbocycles. The minimum Gasteiger partial charge on any atom is -0.465 e. The molecule has 134 valence electrons. The number of hydrogen-bond donors (Lipinski definition) is 0. The lowest BCUT2D eigenvalue weighted by Gasteiger charge is -2.27. The van der Waals surface area contributed by atoms with Crippen molar-refractivity contribution in [2.75, 3.05) is 24.6 Å². The van der Waals surface area contributed by atoms with Gasteiger partial charge in [-0.05, 0) is 56.9 Å². The number of hydrogen-bond acceptors (Lipinski definition) is 4. The second-order valence-electron chi connectivity index (χ2n) is 6.52. The van der Waals surface area contributed by atoms with Gasteiger partial charge in [-0.3, -0.25) is 14.4 Å². The van der Waals surface area contributed by atoms with Crippen LogP contribution >= 0.6 is 0 Å². The molecule has 0 spiro atoms. The molecule has 1 aromatic rings. The van der Waals surface area contributed by atoms with Crippen LogP contribution in [0.2, 0.25) is 0 Å². The van der Waals surface area contributed by atoms with E-state index in [0.29, 0.717) is 18.6 Å². The highest BCUT2D eigenvalue weighted by atomic mass is 16.5. The zero-order chi connectivity index (χ0) is 17.8. The highest BCUT2D eigenvalue weighted by Gasteiger charge is 2.34. The van der Waals surface area contributed by atoms with Gasteiger partial charge in [-0.15, -0.1) is 0 Å². The first-order valence-corrected chi connectivity index (χ1v) is 8.97. The topological polar surface area (TPSA) is 66.9 Å². The molecule has 1 aliphatic heterocycles. The fourth-order valence-corrected chi connectivity index (χ4v) is 3.13. The van der Waals surface area contributed by atoms with E-state index in [9.17, 15) is 14.4 Å². The van der Waals surface area contributed by atoms with E-state index < -0.39 is 0 Å². The quantitative estimate of drug-likeness (QED) is 0.743. The van der Waals surface area contributed by atoms with Crippen LogP contribution in [0.3, 0.4) is 0 Å². The van der Waals surface area contributed by atoms with Crippen LogP contribution in [0.15, 0.2) is 24.3 Å². The average Bonchev–Trinajstić information content (AvgIpc) is 3.45. The third kappa shape index (κ3) is 4.18. The van der Waals surface area contributed by atoms with Gasteiger partial charge < -0.3 is 14.5 Å². The Kier molecular flexibility index (Phi) is 5.36. The molecule has 0 N–H and O–H groups in total. The van der Waals surface area contributed by atoms with Gasteiger partial charge in [0.15, 0.2) is 0 Å². The number of anilines is 1. The van der Waals surface area contributed by atoms with Crippen molar-refractivity contribution in [2.24, 2.45) is 0 Å². The maximum atomic E-state index is 12.8. The van der Waals surface area contributed by atoms with Gasteiger partial charge in [-0.2, -0.15) is 0 Å². The van der Waals surface area contributed by atoms with Crippen molar-refractivity contribution in [3.8, 4) is 0 Å². The highest BCUT2D eigenvalue weighted by Crippen LogP contribution is 2.29. The molecule has 25 heavy (non-hydrogen) atoms. The van der Waals surface area contributed by atoms with Crippen molar-refractivity contribution in [2.45, 2.75) is 45.1 Å². The van der Waals surface area contributed by atoms with E-state index >= 15 is 0 Å². The Morgan fingerprint density at radius 2 is 1.92 bits per heavy atom. The maximum Gasteiger partial charge on any atom is 0.325 e. The maximum absolute atomic E-state index is 12.8. The molecular weight excluding hydrogens is 320 g/mol. The number of nitrogens with zero attached hydrogens (tertiary/aromatic N) is 2. The van der Waals surface area contributed by atoms with E-state index in [1.165, 1.54) is 0 Å². The van der Waals surface area contributed by atoms with Crippen molar-refractivity contribution in [3.05, 3.63) is 29.8 Å². The molecule has 2 amide bonds. The SMILES string of the molecule is CCOC(=O)CN(C(=O)c1ccc(N2CCCCC2=O)cc1)C1CC1. The first kappa shape index (κ1) is 17.5. The number of carbonyl (C=O) groups excluding carboxylic acids is 3. The Hall–Kier alpha value is -2.37. The van der Waals surface area contributed by atoms with E-state index in [2.05, 4.69) is 0 Å². The Morgan fingerprint density at radius 3 is 2.52 bits per heavy atom. The lowest BCUT2D eigenvalue weighted by atomic mass is 10.1. The number of esters is 1. The molecule has 0 unspecified atom stereocenters. The van der Waals surface area contributed by atoms with Crippen LogP contribution in [-0.4, -0.2) is 48.4 Å². The summed E-state index contributed by atoms with van der Waals surface area (Å²) in [4.78, 5) is 39.9. The molecule has 3 rings (SSSR count). The summed E-state index contributed by atoms with van der Waals surface area (Å²) < 4.78 is 4.97. The van der Waals surface area contributed by atoms with Gasteiger partial charge in [0.1, 0.15) is 6.54 Å². The fraction of sp³-hybridized carbons (Fsp3) is 0.526. The van der Waals surface area contributed by atoms with Crippen LogP contribution in [0.1, 0.15) is 49.4 Å². The van der Waals surface area contributed by atoms with E-state index in [1.54, 1.807) is 28.9 Å². The van der Waals surface area contributed by atoms with Gasteiger partial charge in [0.05, 0.1) is 6.61 Å². The molecule has 0 bridgehead atoms. The second-order valence-corrected chi connectivity index (χ2v) is 6.52. The summed E-state index contributed by atoms with van der Waals surface area (Å²) in [5, 5.41) is 0. The largest absolute Gasteiger partial charge is 0.465 e. The van der Waals surface area contributed by atoms with Crippen molar-refractivity contribution in [1.29, 1.82) is 0 Å². The van der Waals surface area contributed by atoms with Crippen LogP contribution in [0.25, 0.3) is 0 Å². The Labute approximate surface area is 147 Å². The lowest BCUT2D eigenvalue weighted by molar-refractivity contribution is -0.144. The Bertz CT molecular complexity index is 652. The van der Waals surface area contributed by atoms with Crippen molar-refractivity contribution in [3.63, 3.8) is 0 Å². The predicted octanol–water partition coefficient (Wildman–Crippen LogP) is 2.37. The first-order valence-electron chi connectivity index (χ1n) is 8.97. The molecule has 0 radical (unpaired) electrons. The molecule has 2 fully saturated rings. The van der Waals surface area contributed by atoms with Crippen LogP contribution < -0.4 is 4.90 Å². The molecule has 6 nitrogen and oxygen atoms in total.